The Morgan fingerprint density at radius 3 is 2.39 bits per heavy atom. The molecule has 1 saturated heterocycles. The summed E-state index contributed by atoms with van der Waals surface area (Å²) in [5.74, 6) is 12.1. The number of rotatable bonds is 4. The Morgan fingerprint density at radius 1 is 0.970 bits per heavy atom. The minimum absolute atomic E-state index is 0.119. The number of aryl methyl sites for hydroxylation is 1. The lowest BCUT2D eigenvalue weighted by Crippen LogP contribution is -2.35. The van der Waals surface area contributed by atoms with E-state index < -0.39 is 0 Å². The first-order valence-corrected chi connectivity index (χ1v) is 11.4. The Kier molecular flexibility index (Phi) is 6.51. The number of carbonyl (C=O) groups is 1. The molecule has 7 nitrogen and oxygen atoms in total. The van der Waals surface area contributed by atoms with Gasteiger partial charge in [0.1, 0.15) is 0 Å². The molecule has 1 amide bonds. The summed E-state index contributed by atoms with van der Waals surface area (Å²) in [6.07, 6.45) is 3.34. The Bertz CT molecular complexity index is 1210. The lowest BCUT2D eigenvalue weighted by atomic mass is 9.96. The van der Waals surface area contributed by atoms with E-state index in [2.05, 4.69) is 29.5 Å². The minimum atomic E-state index is 0.119. The monoisotopic (exact) mass is 444 g/mol. The molecular formula is C26H32N6O. The van der Waals surface area contributed by atoms with Crippen LogP contribution in [0.1, 0.15) is 46.3 Å². The first-order chi connectivity index (χ1) is 15.9. The van der Waals surface area contributed by atoms with E-state index in [-0.39, 0.29) is 5.91 Å². The number of nitrogens with one attached hydrogen (secondary N) is 1. The number of amidine groups is 1. The molecule has 172 valence electrons. The van der Waals surface area contributed by atoms with Crippen LogP contribution in [-0.2, 0) is 0 Å². The van der Waals surface area contributed by atoms with Crippen LogP contribution in [0.25, 0.3) is 10.8 Å². The molecule has 0 saturated carbocycles. The van der Waals surface area contributed by atoms with E-state index in [0.29, 0.717) is 5.84 Å². The summed E-state index contributed by atoms with van der Waals surface area (Å²) in [6.45, 7) is 5.73. The van der Waals surface area contributed by atoms with Crippen molar-refractivity contribution in [2.24, 2.45) is 16.8 Å². The zero-order valence-electron chi connectivity index (χ0n) is 19.6. The number of hydrogen-bond donors (Lipinski definition) is 3. The van der Waals surface area contributed by atoms with Crippen molar-refractivity contribution >= 4 is 33.9 Å². The zero-order chi connectivity index (χ0) is 23.5. The van der Waals surface area contributed by atoms with Gasteiger partial charge in [-0.1, -0.05) is 30.3 Å². The van der Waals surface area contributed by atoms with Gasteiger partial charge in [0.25, 0.3) is 5.91 Å². The average Bonchev–Trinajstić information content (AvgIpc) is 2.82. The lowest BCUT2D eigenvalue weighted by Gasteiger charge is -2.27. The van der Waals surface area contributed by atoms with E-state index in [9.17, 15) is 4.79 Å². The normalized spacial score (nSPS) is 14.4. The number of hydrazone groups is 1. The second kappa shape index (κ2) is 9.50. The third-order valence-corrected chi connectivity index (χ3v) is 6.42. The number of anilines is 2. The smallest absolute Gasteiger partial charge is 0.254 e. The van der Waals surface area contributed by atoms with Crippen molar-refractivity contribution in [3.05, 3.63) is 70.8 Å². The highest BCUT2D eigenvalue weighted by atomic mass is 16.2. The molecule has 4 rings (SSSR count). The van der Waals surface area contributed by atoms with E-state index in [1.165, 1.54) is 11.4 Å². The van der Waals surface area contributed by atoms with Crippen LogP contribution in [0.3, 0.4) is 0 Å². The molecule has 1 aliphatic rings. The third-order valence-electron chi connectivity index (χ3n) is 6.42. The lowest BCUT2D eigenvalue weighted by molar-refractivity contribution is 0.0726. The van der Waals surface area contributed by atoms with Gasteiger partial charge in [0.05, 0.1) is 0 Å². The molecule has 0 atom stereocenters. The van der Waals surface area contributed by atoms with Crippen molar-refractivity contribution in [1.82, 2.24) is 9.91 Å². The third kappa shape index (κ3) is 4.36. The highest BCUT2D eigenvalue weighted by molar-refractivity contribution is 6.12. The van der Waals surface area contributed by atoms with Crippen LogP contribution < -0.4 is 17.0 Å². The summed E-state index contributed by atoms with van der Waals surface area (Å²) >= 11 is 0. The number of nitrogens with zero attached hydrogens (tertiary/aromatic N) is 3. The summed E-state index contributed by atoms with van der Waals surface area (Å²) in [5.41, 5.74) is 5.55. The molecule has 33 heavy (non-hydrogen) atoms. The number of likely N-dealkylation sites (tertiary alicyclic amines) is 1. The summed E-state index contributed by atoms with van der Waals surface area (Å²) in [4.78, 5) is 15.4. The van der Waals surface area contributed by atoms with Crippen molar-refractivity contribution in [3.8, 4) is 0 Å². The zero-order valence-corrected chi connectivity index (χ0v) is 19.6. The van der Waals surface area contributed by atoms with Crippen molar-refractivity contribution in [3.63, 3.8) is 0 Å². The topological polar surface area (TPSA) is 100.0 Å². The highest BCUT2D eigenvalue weighted by Crippen LogP contribution is 2.33. The summed E-state index contributed by atoms with van der Waals surface area (Å²) < 4.78 is 0. The largest absolute Gasteiger partial charge is 0.355 e. The molecule has 0 aromatic heterocycles. The van der Waals surface area contributed by atoms with Gasteiger partial charge < -0.3 is 16.1 Å². The first-order valence-electron chi connectivity index (χ1n) is 11.4. The molecule has 0 aliphatic carbocycles. The Labute approximate surface area is 195 Å². The van der Waals surface area contributed by atoms with E-state index in [1.807, 2.05) is 48.2 Å². The molecule has 0 radical (unpaired) electrons. The SMILES string of the molecule is Cc1c(Nc2ccc(C(=O)N3CCCCC3)c3c(C)cccc23)cccc1/C(=N/N)N(C)N. The molecule has 3 aromatic rings. The molecule has 0 unspecified atom stereocenters. The van der Waals surface area contributed by atoms with E-state index in [1.54, 1.807) is 7.05 Å². The van der Waals surface area contributed by atoms with Crippen molar-refractivity contribution < 1.29 is 4.79 Å². The molecule has 7 heteroatoms. The van der Waals surface area contributed by atoms with Gasteiger partial charge in [-0.15, -0.1) is 0 Å². The predicted molar refractivity (Wildman–Crippen MR) is 136 cm³/mol. The van der Waals surface area contributed by atoms with Crippen LogP contribution in [0.15, 0.2) is 53.6 Å². The van der Waals surface area contributed by atoms with Gasteiger partial charge in [-0.05, 0) is 67.8 Å². The first kappa shape index (κ1) is 22.6. The number of nitrogens with two attached hydrogens (primary N) is 2. The van der Waals surface area contributed by atoms with Crippen molar-refractivity contribution in [2.75, 3.05) is 25.5 Å². The number of amides is 1. The maximum atomic E-state index is 13.4. The summed E-state index contributed by atoms with van der Waals surface area (Å²) in [7, 11) is 1.71. The quantitative estimate of drug-likeness (QED) is 0.242. The van der Waals surface area contributed by atoms with Gasteiger partial charge in [-0.2, -0.15) is 5.10 Å². The highest BCUT2D eigenvalue weighted by Gasteiger charge is 2.22. The van der Waals surface area contributed by atoms with Crippen LogP contribution in [0, 0.1) is 13.8 Å². The second-order valence-corrected chi connectivity index (χ2v) is 8.68. The molecule has 0 spiro atoms. The number of hydrogen-bond acceptors (Lipinski definition) is 5. The van der Waals surface area contributed by atoms with Gasteiger partial charge in [0.15, 0.2) is 5.84 Å². The van der Waals surface area contributed by atoms with Crippen molar-refractivity contribution in [2.45, 2.75) is 33.1 Å². The van der Waals surface area contributed by atoms with Crippen LogP contribution in [0.2, 0.25) is 0 Å². The van der Waals surface area contributed by atoms with Crippen LogP contribution >= 0.6 is 0 Å². The fraction of sp³-hybridized carbons (Fsp3) is 0.308. The Balaban J connectivity index is 1.77. The molecular weight excluding hydrogens is 412 g/mol. The molecule has 5 N–H and O–H groups in total. The van der Waals surface area contributed by atoms with Gasteiger partial charge in [-0.3, -0.25) is 9.80 Å². The fourth-order valence-electron chi connectivity index (χ4n) is 4.65. The standard InChI is InChI=1S/C26H32N6O/c1-17-9-7-11-20-23(14-13-21(24(17)20)26(33)32-15-5-4-6-16-32)29-22-12-8-10-19(18(22)2)25(30-27)31(3)28/h7-14,29H,4-6,15-16,27-28H2,1-3H3/b30-25-. The molecule has 3 aromatic carbocycles. The maximum absolute atomic E-state index is 13.4. The van der Waals surface area contributed by atoms with Crippen LogP contribution in [0.4, 0.5) is 11.4 Å². The number of benzene rings is 3. The number of fused-ring (bicyclic) bond motifs is 1. The number of carbonyl (C=O) groups excluding carboxylic acids is 1. The summed E-state index contributed by atoms with van der Waals surface area (Å²) in [5, 5.41) is 10.8. The molecule has 0 bridgehead atoms. The molecule has 1 heterocycles. The van der Waals surface area contributed by atoms with Gasteiger partial charge in [-0.25, -0.2) is 5.84 Å². The van der Waals surface area contributed by atoms with Gasteiger partial charge in [0.2, 0.25) is 0 Å². The maximum Gasteiger partial charge on any atom is 0.254 e. The van der Waals surface area contributed by atoms with Crippen molar-refractivity contribution in [1.29, 1.82) is 0 Å². The summed E-state index contributed by atoms with van der Waals surface area (Å²) in [6, 6.07) is 16.0. The van der Waals surface area contributed by atoms with Gasteiger partial charge in [0, 0.05) is 48.0 Å². The molecule has 1 aliphatic heterocycles. The second-order valence-electron chi connectivity index (χ2n) is 8.68. The number of piperidine rings is 1. The van der Waals surface area contributed by atoms with Gasteiger partial charge >= 0.3 is 0 Å². The predicted octanol–water partition coefficient (Wildman–Crippen LogP) is 4.25. The fourth-order valence-corrected chi connectivity index (χ4v) is 4.65. The molecule has 1 fully saturated rings. The Hall–Kier alpha value is -3.58. The average molecular weight is 445 g/mol. The minimum Gasteiger partial charge on any atom is -0.355 e. The Morgan fingerprint density at radius 2 is 1.70 bits per heavy atom. The number of hydrazine groups is 1. The van der Waals surface area contributed by atoms with E-state index in [0.717, 1.165) is 70.3 Å². The van der Waals surface area contributed by atoms with E-state index >= 15 is 0 Å². The van der Waals surface area contributed by atoms with Crippen LogP contribution in [0.5, 0.6) is 0 Å². The van der Waals surface area contributed by atoms with Crippen LogP contribution in [-0.4, -0.2) is 41.8 Å². The van der Waals surface area contributed by atoms with E-state index in [4.69, 9.17) is 11.7 Å².